The minimum Gasteiger partial charge on any atom is -0.310 e. The van der Waals surface area contributed by atoms with Crippen molar-refractivity contribution >= 4 is 38.9 Å². The van der Waals surface area contributed by atoms with Gasteiger partial charge >= 0.3 is 0 Å². The van der Waals surface area contributed by atoms with Gasteiger partial charge in [0.05, 0.1) is 16.4 Å². The Hall–Kier alpha value is -8.98. The van der Waals surface area contributed by atoms with Crippen LogP contribution in [-0.4, -0.2) is 4.57 Å². The van der Waals surface area contributed by atoms with Gasteiger partial charge in [-0.3, -0.25) is 0 Å². The van der Waals surface area contributed by atoms with Crippen LogP contribution in [-0.2, 0) is 5.41 Å². The summed E-state index contributed by atoms with van der Waals surface area (Å²) >= 11 is 0. The molecular formula is C67H46N2. The molecule has 0 radical (unpaired) electrons. The SMILES string of the molecule is c1ccc(-c2cccc(-n3c4ccccc4c4ccc(-c5cccc(-c6cccc(N(c7ccccc7)c7ccc8c(c7)-c7ccccc7C8(c7ccccc7)c7ccccc7)c6)c5)cc43)c2)cc1. The van der Waals surface area contributed by atoms with Crippen LogP contribution in [0.25, 0.3) is 72.0 Å². The number of hydrogen-bond acceptors (Lipinski definition) is 1. The lowest BCUT2D eigenvalue weighted by Crippen LogP contribution is -2.28. The van der Waals surface area contributed by atoms with Gasteiger partial charge in [-0.15, -0.1) is 0 Å². The molecule has 0 fully saturated rings. The number of hydrogen-bond donors (Lipinski definition) is 0. The molecule has 0 spiro atoms. The predicted octanol–water partition coefficient (Wildman–Crippen LogP) is 17.6. The summed E-state index contributed by atoms with van der Waals surface area (Å²) < 4.78 is 2.42. The van der Waals surface area contributed by atoms with Gasteiger partial charge in [0.1, 0.15) is 0 Å². The zero-order valence-electron chi connectivity index (χ0n) is 38.0. The minimum absolute atomic E-state index is 0.454. The molecule has 0 amide bonds. The molecule has 0 aliphatic heterocycles. The normalized spacial score (nSPS) is 12.5. The van der Waals surface area contributed by atoms with E-state index < -0.39 is 5.41 Å². The first-order valence-corrected chi connectivity index (χ1v) is 23.8. The lowest BCUT2D eigenvalue weighted by atomic mass is 9.68. The van der Waals surface area contributed by atoms with Crippen molar-refractivity contribution in [3.63, 3.8) is 0 Å². The first kappa shape index (κ1) is 40.3. The predicted molar refractivity (Wildman–Crippen MR) is 289 cm³/mol. The molecule has 0 saturated carbocycles. The van der Waals surface area contributed by atoms with Gasteiger partial charge in [0.15, 0.2) is 0 Å². The molecule has 0 atom stereocenters. The van der Waals surface area contributed by atoms with E-state index in [9.17, 15) is 0 Å². The molecule has 0 unspecified atom stereocenters. The third-order valence-corrected chi connectivity index (χ3v) is 14.2. The van der Waals surface area contributed by atoms with Crippen molar-refractivity contribution < 1.29 is 0 Å². The maximum atomic E-state index is 2.42. The minimum atomic E-state index is -0.454. The largest absolute Gasteiger partial charge is 0.310 e. The topological polar surface area (TPSA) is 8.17 Å². The number of aromatic nitrogens is 1. The second kappa shape index (κ2) is 16.7. The average molecular weight is 879 g/mol. The van der Waals surface area contributed by atoms with Crippen molar-refractivity contribution in [1.82, 2.24) is 4.57 Å². The number of benzene rings is 11. The Kier molecular flexibility index (Phi) is 9.77. The number of fused-ring (bicyclic) bond motifs is 6. The van der Waals surface area contributed by atoms with E-state index >= 15 is 0 Å². The first-order valence-electron chi connectivity index (χ1n) is 23.8. The third-order valence-electron chi connectivity index (χ3n) is 14.2. The molecule has 69 heavy (non-hydrogen) atoms. The van der Waals surface area contributed by atoms with Crippen LogP contribution in [0.4, 0.5) is 17.1 Å². The lowest BCUT2D eigenvalue weighted by molar-refractivity contribution is 0.768. The standard InChI is InChI=1S/C67H46N2/c1-5-20-47(21-6-1)50-24-18-33-57(43-50)69-65-37-16-14-35-60(65)61-40-38-52(45-66(61)69)49-23-17-22-48(42-49)51-25-19-32-56(44-51)68(55-30-11-4-12-31-55)58-39-41-64-62(46-58)59-34-13-15-36-63(59)67(64,53-26-7-2-8-27-53)54-28-9-3-10-29-54/h1-46H. The first-order chi connectivity index (χ1) is 34.2. The van der Waals surface area contributed by atoms with Crippen molar-refractivity contribution in [2.45, 2.75) is 5.41 Å². The van der Waals surface area contributed by atoms with E-state index in [-0.39, 0.29) is 0 Å². The van der Waals surface area contributed by atoms with Crippen LogP contribution >= 0.6 is 0 Å². The van der Waals surface area contributed by atoms with Crippen LogP contribution in [0.2, 0.25) is 0 Å². The number of anilines is 3. The summed E-state index contributed by atoms with van der Waals surface area (Å²) in [5.74, 6) is 0. The summed E-state index contributed by atoms with van der Waals surface area (Å²) in [6, 6.07) is 102. The van der Waals surface area contributed by atoms with Gasteiger partial charge in [-0.25, -0.2) is 0 Å². The quantitative estimate of drug-likeness (QED) is 0.140. The van der Waals surface area contributed by atoms with E-state index in [4.69, 9.17) is 0 Å². The summed E-state index contributed by atoms with van der Waals surface area (Å²) in [6.07, 6.45) is 0. The van der Waals surface area contributed by atoms with Crippen LogP contribution in [0.5, 0.6) is 0 Å². The molecule has 1 aliphatic carbocycles. The maximum absolute atomic E-state index is 2.42. The highest BCUT2D eigenvalue weighted by Crippen LogP contribution is 2.57. The fourth-order valence-electron chi connectivity index (χ4n) is 11.2. The van der Waals surface area contributed by atoms with E-state index in [1.807, 2.05) is 0 Å². The fourth-order valence-corrected chi connectivity index (χ4v) is 11.2. The summed E-state index contributed by atoms with van der Waals surface area (Å²) in [5, 5.41) is 2.49. The smallest absolute Gasteiger partial charge is 0.0713 e. The van der Waals surface area contributed by atoms with Gasteiger partial charge in [0.2, 0.25) is 0 Å². The van der Waals surface area contributed by atoms with Gasteiger partial charge in [0.25, 0.3) is 0 Å². The second-order valence-electron chi connectivity index (χ2n) is 18.1. The Morgan fingerprint density at radius 2 is 0.783 bits per heavy atom. The molecule has 12 aromatic rings. The van der Waals surface area contributed by atoms with Gasteiger partial charge in [0, 0.05) is 33.5 Å². The van der Waals surface area contributed by atoms with E-state index in [1.165, 1.54) is 77.4 Å². The zero-order chi connectivity index (χ0) is 45.7. The molecule has 1 aliphatic rings. The van der Waals surface area contributed by atoms with Crippen molar-refractivity contribution in [2.75, 3.05) is 4.90 Å². The Morgan fingerprint density at radius 3 is 1.52 bits per heavy atom. The van der Waals surface area contributed by atoms with E-state index in [1.54, 1.807) is 0 Å². The monoisotopic (exact) mass is 878 g/mol. The average Bonchev–Trinajstić information content (AvgIpc) is 3.92. The number of para-hydroxylation sites is 2. The number of nitrogens with zero attached hydrogens (tertiary/aromatic N) is 2. The van der Waals surface area contributed by atoms with Crippen molar-refractivity contribution in [1.29, 1.82) is 0 Å². The van der Waals surface area contributed by atoms with Crippen LogP contribution in [0.1, 0.15) is 22.3 Å². The molecule has 1 aromatic heterocycles. The third kappa shape index (κ3) is 6.72. The molecule has 324 valence electrons. The zero-order valence-corrected chi connectivity index (χ0v) is 38.0. The van der Waals surface area contributed by atoms with Crippen molar-refractivity contribution in [3.05, 3.63) is 301 Å². The molecule has 2 heteroatoms. The Labute approximate surface area is 403 Å². The van der Waals surface area contributed by atoms with E-state index in [0.717, 1.165) is 33.9 Å². The van der Waals surface area contributed by atoms with Crippen LogP contribution < -0.4 is 4.90 Å². The van der Waals surface area contributed by atoms with Crippen molar-refractivity contribution in [3.8, 4) is 50.2 Å². The molecular weight excluding hydrogens is 833 g/mol. The van der Waals surface area contributed by atoms with Crippen molar-refractivity contribution in [2.24, 2.45) is 0 Å². The summed E-state index contributed by atoms with van der Waals surface area (Å²) in [7, 11) is 0. The lowest BCUT2D eigenvalue weighted by Gasteiger charge is -2.34. The van der Waals surface area contributed by atoms with Gasteiger partial charge < -0.3 is 9.47 Å². The molecule has 2 nitrogen and oxygen atoms in total. The second-order valence-corrected chi connectivity index (χ2v) is 18.1. The molecule has 11 aromatic carbocycles. The highest BCUT2D eigenvalue weighted by atomic mass is 15.1. The van der Waals surface area contributed by atoms with Gasteiger partial charge in [-0.2, -0.15) is 0 Å². The Balaban J connectivity index is 0.912. The Morgan fingerprint density at radius 1 is 0.275 bits per heavy atom. The summed E-state index contributed by atoms with van der Waals surface area (Å²) in [6.45, 7) is 0. The summed E-state index contributed by atoms with van der Waals surface area (Å²) in [5.41, 5.74) is 21.1. The van der Waals surface area contributed by atoms with E-state index in [0.29, 0.717) is 0 Å². The molecule has 0 bridgehead atoms. The summed E-state index contributed by atoms with van der Waals surface area (Å²) in [4.78, 5) is 2.40. The maximum Gasteiger partial charge on any atom is 0.0713 e. The fraction of sp³-hybridized carbons (Fsp3) is 0.0149. The number of rotatable bonds is 9. The van der Waals surface area contributed by atoms with Gasteiger partial charge in [-0.05, 0) is 133 Å². The highest BCUT2D eigenvalue weighted by molar-refractivity contribution is 6.10. The molecule has 0 N–H and O–H groups in total. The van der Waals surface area contributed by atoms with Crippen LogP contribution in [0, 0.1) is 0 Å². The van der Waals surface area contributed by atoms with Crippen LogP contribution in [0.3, 0.4) is 0 Å². The van der Waals surface area contributed by atoms with Gasteiger partial charge in [-0.1, -0.05) is 212 Å². The molecule has 0 saturated heterocycles. The molecule has 13 rings (SSSR count). The van der Waals surface area contributed by atoms with Crippen LogP contribution in [0.15, 0.2) is 279 Å². The highest BCUT2D eigenvalue weighted by Gasteiger charge is 2.46. The van der Waals surface area contributed by atoms with E-state index in [2.05, 4.69) is 289 Å². The molecule has 1 heterocycles. The Bertz CT molecular complexity index is 3790.